The van der Waals surface area contributed by atoms with Crippen molar-refractivity contribution in [3.63, 3.8) is 0 Å². The molecular weight excluding hydrogens is 248 g/mol. The molecule has 0 radical (unpaired) electrons. The smallest absolute Gasteiger partial charge is 0.285 e. The molecule has 1 saturated heterocycles. The lowest BCUT2D eigenvalue weighted by Crippen LogP contribution is -2.44. The molecule has 6 nitrogen and oxygen atoms in total. The number of carbonyl (C=O) groups excluding carboxylic acids is 1. The van der Waals surface area contributed by atoms with E-state index in [-0.39, 0.29) is 23.3 Å². The second-order valence-corrected chi connectivity index (χ2v) is 4.66. The van der Waals surface area contributed by atoms with Gasteiger partial charge in [-0.2, -0.15) is 0 Å². The van der Waals surface area contributed by atoms with Crippen LogP contribution in [0.2, 0.25) is 0 Å². The van der Waals surface area contributed by atoms with Gasteiger partial charge in [-0.25, -0.2) is 0 Å². The fourth-order valence-corrected chi connectivity index (χ4v) is 2.25. The van der Waals surface area contributed by atoms with Gasteiger partial charge >= 0.3 is 0 Å². The van der Waals surface area contributed by atoms with Gasteiger partial charge < -0.3 is 9.64 Å². The number of hydrogen-bond acceptors (Lipinski definition) is 4. The highest BCUT2D eigenvalue weighted by Crippen LogP contribution is 2.25. The van der Waals surface area contributed by atoms with Crippen LogP contribution in [-0.4, -0.2) is 41.5 Å². The molecule has 1 aliphatic heterocycles. The van der Waals surface area contributed by atoms with Gasteiger partial charge in [-0.15, -0.1) is 0 Å². The third-order valence-electron chi connectivity index (χ3n) is 3.18. The molecule has 1 atom stereocenters. The van der Waals surface area contributed by atoms with Crippen molar-refractivity contribution in [3.05, 3.63) is 39.4 Å². The number of nitro groups is 1. The highest BCUT2D eigenvalue weighted by molar-refractivity contribution is 5.98. The number of ether oxygens (including phenoxy) is 1. The summed E-state index contributed by atoms with van der Waals surface area (Å²) in [6.45, 7) is 4.91. The molecule has 1 fully saturated rings. The minimum absolute atomic E-state index is 0.0402. The lowest BCUT2D eigenvalue weighted by Gasteiger charge is -2.31. The van der Waals surface area contributed by atoms with E-state index >= 15 is 0 Å². The first-order chi connectivity index (χ1) is 9.00. The van der Waals surface area contributed by atoms with Crippen molar-refractivity contribution in [3.8, 4) is 0 Å². The van der Waals surface area contributed by atoms with Crippen LogP contribution in [0.25, 0.3) is 0 Å². The van der Waals surface area contributed by atoms with Crippen molar-refractivity contribution in [1.29, 1.82) is 0 Å². The second kappa shape index (κ2) is 5.36. The van der Waals surface area contributed by atoms with Crippen LogP contribution in [0.15, 0.2) is 18.2 Å². The number of carbonyl (C=O) groups is 1. The summed E-state index contributed by atoms with van der Waals surface area (Å²) in [4.78, 5) is 24.6. The van der Waals surface area contributed by atoms with Crippen molar-refractivity contribution in [2.45, 2.75) is 20.0 Å². The third-order valence-corrected chi connectivity index (χ3v) is 3.18. The maximum atomic E-state index is 12.4. The first-order valence-corrected chi connectivity index (χ1v) is 6.15. The number of aryl methyl sites for hydroxylation is 1. The fraction of sp³-hybridized carbons (Fsp3) is 0.462. The summed E-state index contributed by atoms with van der Waals surface area (Å²) >= 11 is 0. The van der Waals surface area contributed by atoms with E-state index in [1.165, 1.54) is 6.07 Å². The largest absolute Gasteiger partial charge is 0.375 e. The van der Waals surface area contributed by atoms with Gasteiger partial charge in [0.15, 0.2) is 0 Å². The lowest BCUT2D eigenvalue weighted by atomic mass is 10.1. The van der Waals surface area contributed by atoms with Crippen LogP contribution in [-0.2, 0) is 4.74 Å². The van der Waals surface area contributed by atoms with Gasteiger partial charge in [-0.3, -0.25) is 14.9 Å². The van der Waals surface area contributed by atoms with Crippen LogP contribution in [0.4, 0.5) is 5.69 Å². The number of nitrogens with zero attached hydrogens (tertiary/aromatic N) is 2. The first kappa shape index (κ1) is 13.5. The molecule has 0 spiro atoms. The van der Waals surface area contributed by atoms with Crippen molar-refractivity contribution in [2.75, 3.05) is 19.7 Å². The van der Waals surface area contributed by atoms with Gasteiger partial charge in [-0.1, -0.05) is 12.1 Å². The molecule has 2 rings (SSSR count). The van der Waals surface area contributed by atoms with Gasteiger partial charge in [0.05, 0.1) is 17.6 Å². The van der Waals surface area contributed by atoms with Crippen LogP contribution >= 0.6 is 0 Å². The van der Waals surface area contributed by atoms with E-state index in [0.29, 0.717) is 25.3 Å². The zero-order chi connectivity index (χ0) is 14.0. The Kier molecular flexibility index (Phi) is 3.80. The quantitative estimate of drug-likeness (QED) is 0.602. The maximum absolute atomic E-state index is 12.4. The number of rotatable bonds is 2. The van der Waals surface area contributed by atoms with E-state index in [2.05, 4.69) is 0 Å². The van der Waals surface area contributed by atoms with Gasteiger partial charge in [0.1, 0.15) is 5.56 Å². The summed E-state index contributed by atoms with van der Waals surface area (Å²) in [5.74, 6) is -0.300. The molecule has 1 aromatic rings. The molecule has 1 aromatic carbocycles. The number of amides is 1. The van der Waals surface area contributed by atoms with Crippen LogP contribution < -0.4 is 0 Å². The molecule has 1 unspecified atom stereocenters. The number of benzene rings is 1. The molecule has 0 bridgehead atoms. The average molecular weight is 264 g/mol. The molecule has 0 aromatic heterocycles. The molecule has 1 aliphatic rings. The molecule has 1 heterocycles. The molecular formula is C13H16N2O4. The molecule has 6 heteroatoms. The van der Waals surface area contributed by atoms with Crippen molar-refractivity contribution in [1.82, 2.24) is 4.90 Å². The lowest BCUT2D eigenvalue weighted by molar-refractivity contribution is -0.385. The summed E-state index contributed by atoms with van der Waals surface area (Å²) < 4.78 is 5.37. The Bertz CT molecular complexity index is 515. The Morgan fingerprint density at radius 2 is 2.26 bits per heavy atom. The van der Waals surface area contributed by atoms with Gasteiger partial charge in [0, 0.05) is 18.7 Å². The highest BCUT2D eigenvalue weighted by atomic mass is 16.6. The minimum Gasteiger partial charge on any atom is -0.375 e. The van der Waals surface area contributed by atoms with Gasteiger partial charge in [0.2, 0.25) is 0 Å². The summed E-state index contributed by atoms with van der Waals surface area (Å²) in [5.41, 5.74) is 0.544. The summed E-state index contributed by atoms with van der Waals surface area (Å²) in [6, 6.07) is 4.81. The van der Waals surface area contributed by atoms with E-state index in [4.69, 9.17) is 4.74 Å². The third kappa shape index (κ3) is 2.73. The Labute approximate surface area is 111 Å². The van der Waals surface area contributed by atoms with Crippen molar-refractivity contribution < 1.29 is 14.5 Å². The monoisotopic (exact) mass is 264 g/mol. The number of nitro benzene ring substituents is 1. The van der Waals surface area contributed by atoms with E-state index in [1.54, 1.807) is 24.0 Å². The predicted molar refractivity (Wildman–Crippen MR) is 69.2 cm³/mol. The van der Waals surface area contributed by atoms with Crippen LogP contribution in [0, 0.1) is 17.0 Å². The van der Waals surface area contributed by atoms with Crippen LogP contribution in [0.3, 0.4) is 0 Å². The SMILES string of the molecule is Cc1cccc(C(=O)N2CCOC(C)C2)c1[N+](=O)[O-]. The average Bonchev–Trinajstić information content (AvgIpc) is 2.37. The predicted octanol–water partition coefficient (Wildman–Crippen LogP) is 1.76. The minimum atomic E-state index is -0.494. The number of para-hydroxylation sites is 1. The van der Waals surface area contributed by atoms with Crippen molar-refractivity contribution >= 4 is 11.6 Å². The molecule has 0 aliphatic carbocycles. The summed E-state index contributed by atoms with van der Waals surface area (Å²) in [7, 11) is 0. The summed E-state index contributed by atoms with van der Waals surface area (Å²) in [6.07, 6.45) is -0.0402. The Morgan fingerprint density at radius 3 is 2.89 bits per heavy atom. The van der Waals surface area contributed by atoms with E-state index in [9.17, 15) is 14.9 Å². The Morgan fingerprint density at radius 1 is 1.53 bits per heavy atom. The van der Waals surface area contributed by atoms with E-state index in [0.717, 1.165) is 0 Å². The summed E-state index contributed by atoms with van der Waals surface area (Å²) in [5, 5.41) is 11.1. The zero-order valence-corrected chi connectivity index (χ0v) is 11.0. The zero-order valence-electron chi connectivity index (χ0n) is 11.0. The van der Waals surface area contributed by atoms with Crippen LogP contribution in [0.5, 0.6) is 0 Å². The number of morpholine rings is 1. The Balaban J connectivity index is 2.33. The molecule has 0 saturated carbocycles. The molecule has 1 amide bonds. The Hall–Kier alpha value is -1.95. The molecule has 102 valence electrons. The highest BCUT2D eigenvalue weighted by Gasteiger charge is 2.28. The maximum Gasteiger partial charge on any atom is 0.285 e. The molecule has 0 N–H and O–H groups in total. The van der Waals surface area contributed by atoms with Gasteiger partial charge in [-0.05, 0) is 19.9 Å². The fourth-order valence-electron chi connectivity index (χ4n) is 2.25. The van der Waals surface area contributed by atoms with Crippen LogP contribution in [0.1, 0.15) is 22.8 Å². The first-order valence-electron chi connectivity index (χ1n) is 6.15. The number of hydrogen-bond donors (Lipinski definition) is 0. The second-order valence-electron chi connectivity index (χ2n) is 4.66. The van der Waals surface area contributed by atoms with E-state index < -0.39 is 4.92 Å². The normalized spacial score (nSPS) is 19.3. The van der Waals surface area contributed by atoms with Gasteiger partial charge in [0.25, 0.3) is 11.6 Å². The van der Waals surface area contributed by atoms with Crippen molar-refractivity contribution in [2.24, 2.45) is 0 Å². The standard InChI is InChI=1S/C13H16N2O4/c1-9-4-3-5-11(12(9)15(17)18)13(16)14-6-7-19-10(2)8-14/h3-5,10H,6-8H2,1-2H3. The van der Waals surface area contributed by atoms with E-state index in [1.807, 2.05) is 6.92 Å². The topological polar surface area (TPSA) is 72.7 Å². The molecule has 19 heavy (non-hydrogen) atoms.